The number of aromatic carboxylic acids is 1. The van der Waals surface area contributed by atoms with Gasteiger partial charge in [0.25, 0.3) is 0 Å². The van der Waals surface area contributed by atoms with Gasteiger partial charge in [-0.1, -0.05) is 17.7 Å². The average molecular weight is 370 g/mol. The average Bonchev–Trinajstić information content (AvgIpc) is 3.24. The predicted molar refractivity (Wildman–Crippen MR) is 94.8 cm³/mol. The fourth-order valence-electron chi connectivity index (χ4n) is 2.54. The van der Waals surface area contributed by atoms with Gasteiger partial charge in [-0.25, -0.2) is 9.78 Å². The van der Waals surface area contributed by atoms with Gasteiger partial charge in [0.15, 0.2) is 11.4 Å². The quantitative estimate of drug-likeness (QED) is 0.542. The van der Waals surface area contributed by atoms with Crippen LogP contribution in [0.2, 0.25) is 5.02 Å². The first kappa shape index (κ1) is 16.2. The smallest absolute Gasteiger partial charge is 0.336 e. The lowest BCUT2D eigenvalue weighted by Gasteiger charge is -2.05. The van der Waals surface area contributed by atoms with Crippen LogP contribution in [0.15, 0.2) is 47.1 Å². The Balaban J connectivity index is 1.70. The van der Waals surface area contributed by atoms with Gasteiger partial charge >= 0.3 is 12.0 Å². The lowest BCUT2D eigenvalue weighted by Crippen LogP contribution is -2.00. The molecular weight excluding hydrogens is 358 g/mol. The van der Waals surface area contributed by atoms with E-state index in [1.807, 2.05) is 0 Å². The van der Waals surface area contributed by atoms with Gasteiger partial charge in [0.05, 0.1) is 22.4 Å². The molecule has 1 aromatic carbocycles. The zero-order valence-electron chi connectivity index (χ0n) is 13.5. The van der Waals surface area contributed by atoms with Crippen molar-refractivity contribution in [2.75, 3.05) is 0 Å². The molecule has 0 radical (unpaired) electrons. The number of nitrogens with one attached hydrogen (secondary N) is 1. The number of nitrogens with zero attached hydrogens (tertiary/aromatic N) is 2. The molecule has 3 heterocycles. The molecule has 0 saturated carbocycles. The first-order valence-corrected chi connectivity index (χ1v) is 8.01. The predicted octanol–water partition coefficient (Wildman–Crippen LogP) is 4.67. The Hall–Kier alpha value is -3.32. The van der Waals surface area contributed by atoms with E-state index in [0.29, 0.717) is 39.0 Å². The molecule has 8 heteroatoms. The van der Waals surface area contributed by atoms with E-state index in [0.717, 1.165) is 0 Å². The number of aromatic amines is 1. The highest BCUT2D eigenvalue weighted by Gasteiger charge is 2.15. The molecule has 4 aromatic rings. The number of hydrogen-bond donors (Lipinski definition) is 2. The standard InChI is InChI=1S/C18H12ClN3O4/c1-9-4-5-10(7-11(9)17(23)24)26-18-20-13-8-12(19)15(21-16(13)22-18)14-3-2-6-25-14/h2-8H,1H3,(H,23,24)(H,20,21,22). The summed E-state index contributed by atoms with van der Waals surface area (Å²) in [5.74, 6) is -0.134. The summed E-state index contributed by atoms with van der Waals surface area (Å²) in [4.78, 5) is 22.9. The Kier molecular flexibility index (Phi) is 3.85. The molecule has 130 valence electrons. The molecule has 7 nitrogen and oxygen atoms in total. The van der Waals surface area contributed by atoms with Crippen molar-refractivity contribution < 1.29 is 19.1 Å². The highest BCUT2D eigenvalue weighted by molar-refractivity contribution is 6.33. The Bertz CT molecular complexity index is 1120. The minimum Gasteiger partial charge on any atom is -0.478 e. The van der Waals surface area contributed by atoms with Crippen molar-refractivity contribution in [3.63, 3.8) is 0 Å². The number of ether oxygens (including phenoxy) is 1. The highest BCUT2D eigenvalue weighted by Crippen LogP contribution is 2.30. The summed E-state index contributed by atoms with van der Waals surface area (Å²) in [6, 6.07) is 10.1. The SMILES string of the molecule is Cc1ccc(Oc2nc3nc(-c4ccco4)c(Cl)cc3[nH]2)cc1C(=O)O. The van der Waals surface area contributed by atoms with Crippen LogP contribution in [0.1, 0.15) is 15.9 Å². The number of pyridine rings is 1. The van der Waals surface area contributed by atoms with Crippen LogP contribution in [0.5, 0.6) is 11.8 Å². The van der Waals surface area contributed by atoms with E-state index in [1.54, 1.807) is 37.3 Å². The summed E-state index contributed by atoms with van der Waals surface area (Å²) in [6.07, 6.45) is 1.54. The fourth-order valence-corrected chi connectivity index (χ4v) is 2.78. The third kappa shape index (κ3) is 2.89. The van der Waals surface area contributed by atoms with E-state index in [-0.39, 0.29) is 11.6 Å². The van der Waals surface area contributed by atoms with E-state index in [9.17, 15) is 9.90 Å². The minimum atomic E-state index is -1.02. The van der Waals surface area contributed by atoms with Gasteiger partial charge < -0.3 is 19.2 Å². The van der Waals surface area contributed by atoms with E-state index in [1.165, 1.54) is 12.3 Å². The number of rotatable bonds is 4. The third-order valence-corrected chi connectivity index (χ3v) is 4.10. The second-order valence-corrected chi connectivity index (χ2v) is 6.00. The number of carbonyl (C=O) groups is 1. The molecular formula is C18H12ClN3O4. The maximum atomic E-state index is 11.2. The molecule has 0 aliphatic rings. The molecule has 0 unspecified atom stereocenters. The minimum absolute atomic E-state index is 0.167. The van der Waals surface area contributed by atoms with Crippen LogP contribution >= 0.6 is 11.6 Å². The molecule has 0 bridgehead atoms. The van der Waals surface area contributed by atoms with Crippen molar-refractivity contribution >= 4 is 28.7 Å². The first-order chi connectivity index (χ1) is 12.5. The van der Waals surface area contributed by atoms with Gasteiger partial charge in [-0.3, -0.25) is 0 Å². The van der Waals surface area contributed by atoms with Crippen molar-refractivity contribution in [1.29, 1.82) is 0 Å². The van der Waals surface area contributed by atoms with Crippen molar-refractivity contribution in [1.82, 2.24) is 15.0 Å². The van der Waals surface area contributed by atoms with Crippen LogP contribution in [0.4, 0.5) is 0 Å². The molecule has 4 rings (SSSR count). The summed E-state index contributed by atoms with van der Waals surface area (Å²) in [7, 11) is 0. The van der Waals surface area contributed by atoms with Gasteiger partial charge in [0, 0.05) is 0 Å². The number of benzene rings is 1. The lowest BCUT2D eigenvalue weighted by atomic mass is 10.1. The molecule has 26 heavy (non-hydrogen) atoms. The lowest BCUT2D eigenvalue weighted by molar-refractivity contribution is 0.0695. The van der Waals surface area contributed by atoms with Crippen molar-refractivity contribution in [2.24, 2.45) is 0 Å². The number of carboxylic acids is 1. The summed E-state index contributed by atoms with van der Waals surface area (Å²) < 4.78 is 11.0. The number of fused-ring (bicyclic) bond motifs is 1. The Morgan fingerprint density at radius 2 is 2.12 bits per heavy atom. The zero-order chi connectivity index (χ0) is 18.3. The number of aromatic nitrogens is 3. The molecule has 2 N–H and O–H groups in total. The Morgan fingerprint density at radius 1 is 1.27 bits per heavy atom. The molecule has 0 aliphatic carbocycles. The van der Waals surface area contributed by atoms with Crippen LogP contribution < -0.4 is 4.74 Å². The molecule has 0 saturated heterocycles. The molecule has 0 amide bonds. The summed E-state index contributed by atoms with van der Waals surface area (Å²) in [5.41, 5.74) is 2.28. The molecule has 0 aliphatic heterocycles. The van der Waals surface area contributed by atoms with Crippen LogP contribution in [-0.4, -0.2) is 26.0 Å². The second kappa shape index (κ2) is 6.20. The van der Waals surface area contributed by atoms with Crippen molar-refractivity contribution in [3.05, 3.63) is 58.8 Å². The third-order valence-electron chi connectivity index (χ3n) is 3.81. The van der Waals surface area contributed by atoms with Gasteiger partial charge in [0.2, 0.25) is 0 Å². The van der Waals surface area contributed by atoms with Gasteiger partial charge in [-0.05, 0) is 42.8 Å². The van der Waals surface area contributed by atoms with E-state index < -0.39 is 5.97 Å². The Labute approximate surface area is 152 Å². The topological polar surface area (TPSA) is 101 Å². The van der Waals surface area contributed by atoms with E-state index in [4.69, 9.17) is 20.8 Å². The first-order valence-electron chi connectivity index (χ1n) is 7.63. The number of hydrogen-bond acceptors (Lipinski definition) is 5. The van der Waals surface area contributed by atoms with E-state index >= 15 is 0 Å². The monoisotopic (exact) mass is 369 g/mol. The maximum Gasteiger partial charge on any atom is 0.336 e. The van der Waals surface area contributed by atoms with Crippen LogP contribution in [0, 0.1) is 6.92 Å². The Morgan fingerprint density at radius 3 is 2.85 bits per heavy atom. The fraction of sp³-hybridized carbons (Fsp3) is 0.0556. The zero-order valence-corrected chi connectivity index (χ0v) is 14.2. The number of imidazole rings is 1. The number of aryl methyl sites for hydroxylation is 1. The van der Waals surface area contributed by atoms with Crippen molar-refractivity contribution in [2.45, 2.75) is 6.92 Å². The number of halogens is 1. The summed E-state index contributed by atoms with van der Waals surface area (Å²) in [6.45, 7) is 1.72. The number of carboxylic acid groups (broad SMARTS) is 1. The summed E-state index contributed by atoms with van der Waals surface area (Å²) >= 11 is 6.26. The summed E-state index contributed by atoms with van der Waals surface area (Å²) in [5, 5.41) is 9.62. The molecule has 0 fully saturated rings. The second-order valence-electron chi connectivity index (χ2n) is 5.59. The molecule has 3 aromatic heterocycles. The normalized spacial score (nSPS) is 11.0. The van der Waals surface area contributed by atoms with Gasteiger partial charge in [-0.2, -0.15) is 4.98 Å². The molecule has 0 spiro atoms. The van der Waals surface area contributed by atoms with Crippen LogP contribution in [-0.2, 0) is 0 Å². The van der Waals surface area contributed by atoms with Gasteiger partial charge in [0.1, 0.15) is 11.4 Å². The highest BCUT2D eigenvalue weighted by atomic mass is 35.5. The van der Waals surface area contributed by atoms with Crippen LogP contribution in [0.25, 0.3) is 22.6 Å². The van der Waals surface area contributed by atoms with E-state index in [2.05, 4.69) is 15.0 Å². The van der Waals surface area contributed by atoms with Crippen molar-refractivity contribution in [3.8, 4) is 23.2 Å². The number of H-pyrrole nitrogens is 1. The van der Waals surface area contributed by atoms with Crippen LogP contribution in [0.3, 0.4) is 0 Å². The largest absolute Gasteiger partial charge is 0.478 e. The number of furan rings is 1. The maximum absolute atomic E-state index is 11.2. The molecule has 0 atom stereocenters. The van der Waals surface area contributed by atoms with Gasteiger partial charge in [-0.15, -0.1) is 0 Å².